The second kappa shape index (κ2) is 5.38. The van der Waals surface area contributed by atoms with Gasteiger partial charge in [-0.15, -0.1) is 0 Å². The SMILES string of the molecule is NC(=O)C(NCC1CC1)c1cc(Br)ccc1Cl. The molecule has 2 rings (SSSR count). The molecule has 0 radical (unpaired) electrons. The summed E-state index contributed by atoms with van der Waals surface area (Å²) < 4.78 is 0.886. The number of carbonyl (C=O) groups is 1. The fraction of sp³-hybridized carbons (Fsp3) is 0.417. The van der Waals surface area contributed by atoms with Crippen molar-refractivity contribution in [2.24, 2.45) is 11.7 Å². The predicted molar refractivity (Wildman–Crippen MR) is 71.8 cm³/mol. The lowest BCUT2D eigenvalue weighted by Crippen LogP contribution is -2.35. The summed E-state index contributed by atoms with van der Waals surface area (Å²) in [5, 5.41) is 3.74. The van der Waals surface area contributed by atoms with E-state index < -0.39 is 11.9 Å². The van der Waals surface area contributed by atoms with Crippen molar-refractivity contribution in [2.45, 2.75) is 18.9 Å². The molecule has 3 nitrogen and oxygen atoms in total. The second-order valence-corrected chi connectivity index (χ2v) is 5.68. The molecule has 1 aromatic rings. The van der Waals surface area contributed by atoms with E-state index in [0.29, 0.717) is 10.9 Å². The summed E-state index contributed by atoms with van der Waals surface area (Å²) in [5.74, 6) is 0.286. The van der Waals surface area contributed by atoms with E-state index in [1.807, 2.05) is 12.1 Å². The van der Waals surface area contributed by atoms with Crippen LogP contribution < -0.4 is 11.1 Å². The number of hydrogen-bond donors (Lipinski definition) is 2. The van der Waals surface area contributed by atoms with Crippen molar-refractivity contribution in [3.63, 3.8) is 0 Å². The Morgan fingerprint density at radius 2 is 2.29 bits per heavy atom. The van der Waals surface area contributed by atoms with Gasteiger partial charge in [0.15, 0.2) is 0 Å². The number of nitrogens with one attached hydrogen (secondary N) is 1. The molecule has 0 spiro atoms. The average molecular weight is 318 g/mol. The monoisotopic (exact) mass is 316 g/mol. The number of halogens is 2. The largest absolute Gasteiger partial charge is 0.368 e. The molecule has 1 atom stereocenters. The van der Waals surface area contributed by atoms with E-state index >= 15 is 0 Å². The number of carbonyl (C=O) groups excluding carboxylic acids is 1. The molecule has 1 aliphatic carbocycles. The Hall–Kier alpha value is -0.580. The zero-order valence-corrected chi connectivity index (χ0v) is 11.6. The summed E-state index contributed by atoms with van der Waals surface area (Å²) in [6, 6.07) is 4.92. The molecular formula is C12H14BrClN2O. The summed E-state index contributed by atoms with van der Waals surface area (Å²) in [6.07, 6.45) is 2.45. The van der Waals surface area contributed by atoms with Gasteiger partial charge in [-0.25, -0.2) is 0 Å². The van der Waals surface area contributed by atoms with E-state index in [1.165, 1.54) is 12.8 Å². The minimum absolute atomic E-state index is 0.398. The first-order chi connectivity index (χ1) is 8.08. The Bertz CT molecular complexity index is 435. The molecule has 1 amide bonds. The molecule has 17 heavy (non-hydrogen) atoms. The fourth-order valence-corrected chi connectivity index (χ4v) is 2.31. The Morgan fingerprint density at radius 3 is 2.88 bits per heavy atom. The Balaban J connectivity index is 2.17. The van der Waals surface area contributed by atoms with Gasteiger partial charge in [0.2, 0.25) is 5.91 Å². The van der Waals surface area contributed by atoms with Gasteiger partial charge in [0.05, 0.1) is 0 Å². The molecule has 3 N–H and O–H groups in total. The molecule has 1 aliphatic rings. The molecule has 0 aliphatic heterocycles. The highest BCUT2D eigenvalue weighted by atomic mass is 79.9. The van der Waals surface area contributed by atoms with Crippen molar-refractivity contribution >= 4 is 33.4 Å². The van der Waals surface area contributed by atoms with Crippen molar-refractivity contribution in [2.75, 3.05) is 6.54 Å². The molecule has 0 aromatic heterocycles. The van der Waals surface area contributed by atoms with Gasteiger partial charge in [-0.1, -0.05) is 27.5 Å². The van der Waals surface area contributed by atoms with Gasteiger partial charge < -0.3 is 11.1 Å². The highest BCUT2D eigenvalue weighted by molar-refractivity contribution is 9.10. The lowest BCUT2D eigenvalue weighted by molar-refractivity contribution is -0.120. The Kier molecular flexibility index (Phi) is 4.07. The number of benzene rings is 1. The summed E-state index contributed by atoms with van der Waals surface area (Å²) >= 11 is 9.46. The van der Waals surface area contributed by atoms with Crippen LogP contribution in [0.2, 0.25) is 5.02 Å². The van der Waals surface area contributed by atoms with Crippen LogP contribution in [0, 0.1) is 5.92 Å². The van der Waals surface area contributed by atoms with Crippen LogP contribution in [0.25, 0.3) is 0 Å². The molecule has 5 heteroatoms. The Labute approximate surface area is 114 Å². The summed E-state index contributed by atoms with van der Waals surface area (Å²) in [5.41, 5.74) is 6.15. The van der Waals surface area contributed by atoms with Gasteiger partial charge in [-0.05, 0) is 49.1 Å². The van der Waals surface area contributed by atoms with Crippen LogP contribution >= 0.6 is 27.5 Å². The van der Waals surface area contributed by atoms with Crippen molar-refractivity contribution < 1.29 is 4.79 Å². The van der Waals surface area contributed by atoms with Crippen LogP contribution in [0.5, 0.6) is 0 Å². The van der Waals surface area contributed by atoms with E-state index in [9.17, 15) is 4.79 Å². The highest BCUT2D eigenvalue weighted by Crippen LogP contribution is 2.30. The molecule has 1 fully saturated rings. The summed E-state index contributed by atoms with van der Waals surface area (Å²) in [6.45, 7) is 0.816. The lowest BCUT2D eigenvalue weighted by Gasteiger charge is -2.17. The van der Waals surface area contributed by atoms with Crippen LogP contribution in [-0.2, 0) is 4.79 Å². The van der Waals surface area contributed by atoms with Gasteiger partial charge in [0.25, 0.3) is 0 Å². The standard InChI is InChI=1S/C12H14BrClN2O/c13-8-3-4-10(14)9(5-8)11(12(15)17)16-6-7-1-2-7/h3-5,7,11,16H,1-2,6H2,(H2,15,17). The maximum absolute atomic E-state index is 11.5. The normalized spacial score (nSPS) is 16.8. The molecule has 92 valence electrons. The predicted octanol–water partition coefficient (Wildman–Crippen LogP) is 2.63. The van der Waals surface area contributed by atoms with E-state index in [4.69, 9.17) is 17.3 Å². The number of hydrogen-bond acceptors (Lipinski definition) is 2. The van der Waals surface area contributed by atoms with Gasteiger partial charge >= 0.3 is 0 Å². The van der Waals surface area contributed by atoms with Gasteiger partial charge in [0, 0.05) is 9.50 Å². The third-order valence-corrected chi connectivity index (χ3v) is 3.70. The molecule has 1 saturated carbocycles. The molecule has 0 saturated heterocycles. The quantitative estimate of drug-likeness (QED) is 0.877. The van der Waals surface area contributed by atoms with E-state index in [0.717, 1.165) is 16.6 Å². The maximum Gasteiger partial charge on any atom is 0.239 e. The third kappa shape index (κ3) is 3.44. The van der Waals surface area contributed by atoms with Crippen LogP contribution in [0.4, 0.5) is 0 Å². The van der Waals surface area contributed by atoms with Gasteiger partial charge in [-0.2, -0.15) is 0 Å². The maximum atomic E-state index is 11.5. The lowest BCUT2D eigenvalue weighted by atomic mass is 10.1. The smallest absolute Gasteiger partial charge is 0.239 e. The third-order valence-electron chi connectivity index (χ3n) is 2.86. The van der Waals surface area contributed by atoms with Crippen molar-refractivity contribution in [3.8, 4) is 0 Å². The molecular weight excluding hydrogens is 304 g/mol. The van der Waals surface area contributed by atoms with Crippen molar-refractivity contribution in [1.29, 1.82) is 0 Å². The zero-order chi connectivity index (χ0) is 12.4. The molecule has 1 aromatic carbocycles. The van der Waals surface area contributed by atoms with Crippen LogP contribution in [-0.4, -0.2) is 12.5 Å². The van der Waals surface area contributed by atoms with Crippen LogP contribution in [0.3, 0.4) is 0 Å². The van der Waals surface area contributed by atoms with Gasteiger partial charge in [0.1, 0.15) is 6.04 Å². The topological polar surface area (TPSA) is 55.1 Å². The first-order valence-electron chi connectivity index (χ1n) is 5.55. The first kappa shape index (κ1) is 12.9. The average Bonchev–Trinajstić information content (AvgIpc) is 3.06. The summed E-state index contributed by atoms with van der Waals surface area (Å²) in [4.78, 5) is 11.5. The number of nitrogens with two attached hydrogens (primary N) is 1. The van der Waals surface area contributed by atoms with Crippen LogP contribution in [0.1, 0.15) is 24.4 Å². The van der Waals surface area contributed by atoms with E-state index in [-0.39, 0.29) is 0 Å². The number of rotatable bonds is 5. The molecule has 0 heterocycles. The Morgan fingerprint density at radius 1 is 1.59 bits per heavy atom. The highest BCUT2D eigenvalue weighted by Gasteiger charge is 2.26. The zero-order valence-electron chi connectivity index (χ0n) is 9.25. The molecule has 1 unspecified atom stereocenters. The van der Waals surface area contributed by atoms with Crippen molar-refractivity contribution in [3.05, 3.63) is 33.3 Å². The van der Waals surface area contributed by atoms with Crippen LogP contribution in [0.15, 0.2) is 22.7 Å². The number of amides is 1. The van der Waals surface area contributed by atoms with Crippen molar-refractivity contribution in [1.82, 2.24) is 5.32 Å². The number of primary amides is 1. The minimum Gasteiger partial charge on any atom is -0.368 e. The van der Waals surface area contributed by atoms with E-state index in [1.54, 1.807) is 6.07 Å². The molecule has 0 bridgehead atoms. The second-order valence-electron chi connectivity index (χ2n) is 4.35. The summed E-state index contributed by atoms with van der Waals surface area (Å²) in [7, 11) is 0. The first-order valence-corrected chi connectivity index (χ1v) is 6.72. The minimum atomic E-state index is -0.513. The fourth-order valence-electron chi connectivity index (χ4n) is 1.71. The van der Waals surface area contributed by atoms with Gasteiger partial charge in [-0.3, -0.25) is 4.79 Å². The van der Waals surface area contributed by atoms with E-state index in [2.05, 4.69) is 21.2 Å².